The third kappa shape index (κ3) is 6.49. The van der Waals surface area contributed by atoms with E-state index < -0.39 is 24.4 Å². The minimum atomic E-state index is -4.32. The third-order valence-electron chi connectivity index (χ3n) is 3.26. The Balaban J connectivity index is 1.95. The van der Waals surface area contributed by atoms with Crippen LogP contribution in [0.3, 0.4) is 0 Å². The molecule has 0 saturated heterocycles. The van der Waals surface area contributed by atoms with Crippen LogP contribution in [0.5, 0.6) is 5.75 Å². The molecule has 27 heavy (non-hydrogen) atoms. The molecule has 0 aliphatic carbocycles. The lowest BCUT2D eigenvalue weighted by Crippen LogP contribution is -2.14. The Hall–Kier alpha value is -1.62. The van der Waals surface area contributed by atoms with Gasteiger partial charge in [0.2, 0.25) is 0 Å². The molecule has 0 bridgehead atoms. The van der Waals surface area contributed by atoms with Crippen LogP contribution in [0.2, 0.25) is 0 Å². The van der Waals surface area contributed by atoms with Gasteiger partial charge in [-0.3, -0.25) is 0 Å². The van der Waals surface area contributed by atoms with Crippen molar-refractivity contribution in [3.05, 3.63) is 40.0 Å². The van der Waals surface area contributed by atoms with Crippen LogP contribution in [0.1, 0.15) is 11.3 Å². The number of ether oxygens (including phenoxy) is 1. The first-order valence-electron chi connectivity index (χ1n) is 7.63. The number of aromatic nitrogens is 2. The highest BCUT2D eigenvalue weighted by Crippen LogP contribution is 2.33. The van der Waals surface area contributed by atoms with Gasteiger partial charge in [0.1, 0.15) is 25.4 Å². The molecule has 11 heteroatoms. The largest absolute Gasteiger partial charge is 0.489 e. The molecule has 0 unspecified atom stereocenters. The van der Waals surface area contributed by atoms with Gasteiger partial charge in [0.15, 0.2) is 11.6 Å². The highest BCUT2D eigenvalue weighted by molar-refractivity contribution is 9.10. The van der Waals surface area contributed by atoms with Gasteiger partial charge in [-0.2, -0.15) is 13.2 Å². The van der Waals surface area contributed by atoms with Gasteiger partial charge in [-0.1, -0.05) is 0 Å². The van der Waals surface area contributed by atoms with Gasteiger partial charge in [-0.05, 0) is 40.5 Å². The molecule has 2 rings (SSSR count). The summed E-state index contributed by atoms with van der Waals surface area (Å²) in [5.74, 6) is -1.52. The van der Waals surface area contributed by atoms with Crippen LogP contribution in [0, 0.1) is 12.7 Å². The van der Waals surface area contributed by atoms with Crippen LogP contribution in [0.4, 0.5) is 27.8 Å². The highest BCUT2D eigenvalue weighted by Gasteiger charge is 2.27. The molecule has 0 radical (unpaired) electrons. The number of rotatable bonds is 8. The Morgan fingerprint density at radius 1 is 1.26 bits per heavy atom. The Morgan fingerprint density at radius 2 is 2.00 bits per heavy atom. The van der Waals surface area contributed by atoms with E-state index >= 15 is 0 Å². The minimum absolute atomic E-state index is 0.0186. The fraction of sp³-hybridized carbons (Fsp3) is 0.375. The summed E-state index contributed by atoms with van der Waals surface area (Å²) in [7, 11) is 0. The van der Waals surface area contributed by atoms with Crippen molar-refractivity contribution in [2.75, 3.05) is 24.2 Å². The van der Waals surface area contributed by atoms with Crippen LogP contribution in [0.15, 0.2) is 27.8 Å². The van der Waals surface area contributed by atoms with Gasteiger partial charge in [0.05, 0.1) is 22.5 Å². The number of aryl methyl sites for hydroxylation is 1. The molecular weight excluding hydrogens is 457 g/mol. The first-order valence-corrected chi connectivity index (χ1v) is 9.41. The molecule has 0 saturated carbocycles. The lowest BCUT2D eigenvalue weighted by atomic mass is 10.2. The monoisotopic (exact) mass is 471 g/mol. The zero-order valence-corrected chi connectivity index (χ0v) is 16.4. The van der Waals surface area contributed by atoms with E-state index in [-0.39, 0.29) is 24.6 Å². The number of benzene rings is 1. The summed E-state index contributed by atoms with van der Waals surface area (Å²) in [6.07, 6.45) is -3.12. The molecule has 0 aliphatic heterocycles. The Bertz CT molecular complexity index is 791. The molecule has 2 aromatic rings. The van der Waals surface area contributed by atoms with Crippen LogP contribution in [-0.4, -0.2) is 35.0 Å². The fourth-order valence-electron chi connectivity index (χ4n) is 2.01. The topological polar surface area (TPSA) is 47.0 Å². The zero-order valence-electron chi connectivity index (χ0n) is 14.0. The highest BCUT2D eigenvalue weighted by atomic mass is 79.9. The maximum atomic E-state index is 14.0. The first kappa shape index (κ1) is 21.7. The van der Waals surface area contributed by atoms with E-state index in [2.05, 4.69) is 31.2 Å². The molecular formula is C16H15BrF5N3OS. The van der Waals surface area contributed by atoms with Crippen LogP contribution < -0.4 is 10.1 Å². The van der Waals surface area contributed by atoms with E-state index in [1.807, 2.05) is 0 Å². The maximum absolute atomic E-state index is 14.0. The predicted molar refractivity (Wildman–Crippen MR) is 96.4 cm³/mol. The van der Waals surface area contributed by atoms with Crippen molar-refractivity contribution in [2.24, 2.45) is 0 Å². The number of hydrogen-bond acceptors (Lipinski definition) is 5. The molecule has 0 fully saturated rings. The zero-order chi connectivity index (χ0) is 20.0. The van der Waals surface area contributed by atoms with E-state index in [0.29, 0.717) is 32.5 Å². The quantitative estimate of drug-likeness (QED) is 0.321. The summed E-state index contributed by atoms with van der Waals surface area (Å²) in [5, 5.41) is 2.88. The number of nitrogens with zero attached hydrogens (tertiary/aromatic N) is 2. The normalized spacial score (nSPS) is 11.5. The smallest absolute Gasteiger partial charge is 0.398 e. The average Bonchev–Trinajstić information content (AvgIpc) is 2.59. The summed E-state index contributed by atoms with van der Waals surface area (Å²) in [6, 6.07) is 2.39. The van der Waals surface area contributed by atoms with Crippen molar-refractivity contribution in [3.8, 4) is 5.75 Å². The van der Waals surface area contributed by atoms with E-state index in [1.54, 1.807) is 0 Å². The Morgan fingerprint density at radius 3 is 2.67 bits per heavy atom. The lowest BCUT2D eigenvalue weighted by Gasteiger charge is -2.13. The summed E-state index contributed by atoms with van der Waals surface area (Å²) in [5.41, 5.74) is 0.584. The van der Waals surface area contributed by atoms with Crippen molar-refractivity contribution in [1.29, 1.82) is 0 Å². The van der Waals surface area contributed by atoms with E-state index in [0.717, 1.165) is 6.07 Å². The standard InChI is InChI=1S/C16H15BrF5N3OS/c1-9-4-10(19)12(5-13(9)27-7-16(20,21)22)26-3-2-23-15-14(17)11(6-18)24-8-25-15/h4-5,8H,2-3,6-7H2,1H3,(H,23,24,25). The number of thioether (sulfide) groups is 1. The molecule has 4 nitrogen and oxygen atoms in total. The van der Waals surface area contributed by atoms with Crippen molar-refractivity contribution in [1.82, 2.24) is 9.97 Å². The summed E-state index contributed by atoms with van der Waals surface area (Å²) < 4.78 is 69.5. The van der Waals surface area contributed by atoms with Gasteiger partial charge in [0.25, 0.3) is 0 Å². The molecule has 0 aliphatic rings. The Labute approximate surface area is 165 Å². The van der Waals surface area contributed by atoms with Crippen molar-refractivity contribution in [2.45, 2.75) is 24.7 Å². The van der Waals surface area contributed by atoms with E-state index in [1.165, 1.54) is 19.3 Å². The van der Waals surface area contributed by atoms with Gasteiger partial charge >= 0.3 is 6.18 Å². The molecule has 1 aromatic carbocycles. The summed E-state index contributed by atoms with van der Waals surface area (Å²) in [4.78, 5) is 8.00. The van der Waals surface area contributed by atoms with E-state index in [9.17, 15) is 22.0 Å². The number of nitrogens with one attached hydrogen (secondary N) is 1. The second-order valence-electron chi connectivity index (χ2n) is 5.34. The molecule has 1 heterocycles. The number of halogens is 6. The molecule has 1 aromatic heterocycles. The second-order valence-corrected chi connectivity index (χ2v) is 7.15. The fourth-order valence-corrected chi connectivity index (χ4v) is 3.26. The lowest BCUT2D eigenvalue weighted by molar-refractivity contribution is -0.105. The van der Waals surface area contributed by atoms with Crippen LogP contribution in [0.25, 0.3) is 0 Å². The van der Waals surface area contributed by atoms with Gasteiger partial charge in [-0.15, -0.1) is 11.8 Å². The Kier molecular flexibility index (Phi) is 7.66. The number of hydrogen-bond donors (Lipinski definition) is 1. The second kappa shape index (κ2) is 9.54. The van der Waals surface area contributed by atoms with Gasteiger partial charge in [-0.25, -0.2) is 18.7 Å². The summed E-state index contributed by atoms with van der Waals surface area (Å²) >= 11 is 3.75. The van der Waals surface area contributed by atoms with Crippen molar-refractivity contribution < 1.29 is 26.7 Å². The molecule has 0 amide bonds. The van der Waals surface area contributed by atoms with Crippen LogP contribution >= 0.6 is 27.7 Å². The molecule has 0 atom stereocenters. The SMILES string of the molecule is Cc1cc(F)c(OCCNc2ncnc(CF)c2Br)cc1SCC(F)(F)F. The maximum Gasteiger partial charge on any atom is 0.398 e. The van der Waals surface area contributed by atoms with Gasteiger partial charge in [0, 0.05) is 4.90 Å². The average molecular weight is 472 g/mol. The first-order chi connectivity index (χ1) is 12.7. The van der Waals surface area contributed by atoms with E-state index in [4.69, 9.17) is 4.74 Å². The number of anilines is 1. The van der Waals surface area contributed by atoms with Gasteiger partial charge < -0.3 is 10.1 Å². The van der Waals surface area contributed by atoms with Crippen molar-refractivity contribution >= 4 is 33.5 Å². The number of alkyl halides is 4. The molecule has 0 spiro atoms. The minimum Gasteiger partial charge on any atom is -0.489 e. The van der Waals surface area contributed by atoms with Crippen LogP contribution in [-0.2, 0) is 6.67 Å². The predicted octanol–water partition coefficient (Wildman–Crippen LogP) is 5.30. The van der Waals surface area contributed by atoms with Crippen molar-refractivity contribution in [3.63, 3.8) is 0 Å². The third-order valence-corrected chi connectivity index (χ3v) is 5.32. The molecule has 1 N–H and O–H groups in total. The molecule has 148 valence electrons. The summed E-state index contributed by atoms with van der Waals surface area (Å²) in [6.45, 7) is 0.994.